The maximum Gasteiger partial charge on any atom is 0.317 e. The van der Waals surface area contributed by atoms with E-state index in [-0.39, 0.29) is 6.03 Å². The van der Waals surface area contributed by atoms with Gasteiger partial charge in [0.1, 0.15) is 5.69 Å². The molecule has 0 fully saturated rings. The van der Waals surface area contributed by atoms with E-state index in [0.717, 1.165) is 17.7 Å². The summed E-state index contributed by atoms with van der Waals surface area (Å²) in [5.74, 6) is 0.638. The molecule has 1 N–H and O–H groups in total. The van der Waals surface area contributed by atoms with Crippen LogP contribution >= 0.6 is 11.3 Å². The summed E-state index contributed by atoms with van der Waals surface area (Å²) < 4.78 is 5.37. The minimum Gasteiger partial charge on any atom is -0.359 e. The first-order chi connectivity index (χ1) is 13.2. The van der Waals surface area contributed by atoms with Crippen LogP contribution in [0.25, 0.3) is 11.3 Å². The minimum atomic E-state index is -0.120. The molecule has 0 saturated carbocycles. The zero-order valence-electron chi connectivity index (χ0n) is 15.3. The molecule has 1 aliphatic rings. The fourth-order valence-electron chi connectivity index (χ4n) is 3.36. The molecule has 0 aliphatic heterocycles. The van der Waals surface area contributed by atoms with E-state index in [2.05, 4.69) is 20.8 Å². The van der Waals surface area contributed by atoms with E-state index in [9.17, 15) is 4.79 Å². The van der Waals surface area contributed by atoms with Gasteiger partial charge < -0.3 is 14.7 Å². The summed E-state index contributed by atoms with van der Waals surface area (Å²) in [6.07, 6.45) is 8.29. The predicted molar refractivity (Wildman–Crippen MR) is 104 cm³/mol. The first kappa shape index (κ1) is 17.7. The lowest BCUT2D eigenvalue weighted by Gasteiger charge is -2.17. The van der Waals surface area contributed by atoms with Crippen LogP contribution in [0.2, 0.25) is 0 Å². The van der Waals surface area contributed by atoms with Crippen molar-refractivity contribution < 1.29 is 9.32 Å². The van der Waals surface area contributed by atoms with Gasteiger partial charge in [-0.2, -0.15) is 0 Å². The Balaban J connectivity index is 1.33. The maximum absolute atomic E-state index is 12.4. The number of rotatable bonds is 5. The van der Waals surface area contributed by atoms with Gasteiger partial charge in [-0.05, 0) is 54.3 Å². The van der Waals surface area contributed by atoms with Crippen molar-refractivity contribution in [1.29, 1.82) is 0 Å². The number of urea groups is 1. The Kier molecular flexibility index (Phi) is 5.20. The van der Waals surface area contributed by atoms with E-state index in [0.29, 0.717) is 18.8 Å². The van der Waals surface area contributed by atoms with Crippen LogP contribution in [0.1, 0.15) is 34.6 Å². The summed E-state index contributed by atoms with van der Waals surface area (Å²) in [6.45, 7) is 0.938. The fraction of sp³-hybridized carbons (Fsp3) is 0.350. The van der Waals surface area contributed by atoms with Crippen molar-refractivity contribution in [1.82, 2.24) is 20.4 Å². The van der Waals surface area contributed by atoms with Gasteiger partial charge in [0.2, 0.25) is 0 Å². The summed E-state index contributed by atoms with van der Waals surface area (Å²) >= 11 is 1.82. The van der Waals surface area contributed by atoms with Gasteiger partial charge in [-0.15, -0.1) is 11.3 Å². The number of aromatic nitrogens is 2. The van der Waals surface area contributed by atoms with Crippen molar-refractivity contribution in [2.75, 3.05) is 7.05 Å². The van der Waals surface area contributed by atoms with E-state index in [1.165, 1.54) is 35.3 Å². The third kappa shape index (κ3) is 4.03. The molecule has 140 valence electrons. The van der Waals surface area contributed by atoms with Crippen molar-refractivity contribution in [3.05, 3.63) is 57.7 Å². The molecule has 0 saturated heterocycles. The number of carbonyl (C=O) groups is 1. The van der Waals surface area contributed by atoms with Crippen molar-refractivity contribution in [2.45, 2.75) is 38.8 Å². The standard InChI is InChI=1S/C20H22N4O2S/c1-24(12-16-9-18(23-26-16)14-5-4-8-21-10-14)20(25)22-11-15-13-27-19-7-3-2-6-17(15)19/h4-5,8-10,13H,2-3,6-7,11-12H2,1H3,(H,22,25). The summed E-state index contributed by atoms with van der Waals surface area (Å²) in [5, 5.41) is 9.26. The highest BCUT2D eigenvalue weighted by Gasteiger charge is 2.17. The van der Waals surface area contributed by atoms with E-state index in [4.69, 9.17) is 4.52 Å². The molecule has 0 unspecified atom stereocenters. The third-order valence-corrected chi connectivity index (χ3v) is 5.97. The molecular formula is C20H22N4O2S. The van der Waals surface area contributed by atoms with Gasteiger partial charge in [0, 0.05) is 42.5 Å². The smallest absolute Gasteiger partial charge is 0.317 e. The molecule has 6 nitrogen and oxygen atoms in total. The zero-order valence-corrected chi connectivity index (χ0v) is 16.1. The molecule has 1 aliphatic carbocycles. The lowest BCUT2D eigenvalue weighted by atomic mass is 9.96. The van der Waals surface area contributed by atoms with E-state index in [1.807, 2.05) is 29.5 Å². The number of fused-ring (bicyclic) bond motifs is 1. The van der Waals surface area contributed by atoms with E-state index >= 15 is 0 Å². The van der Waals surface area contributed by atoms with Gasteiger partial charge in [0.05, 0.1) is 6.54 Å². The molecular weight excluding hydrogens is 360 g/mol. The van der Waals surface area contributed by atoms with E-state index < -0.39 is 0 Å². The lowest BCUT2D eigenvalue weighted by molar-refractivity contribution is 0.200. The van der Waals surface area contributed by atoms with Crippen molar-refractivity contribution in [3.63, 3.8) is 0 Å². The molecule has 0 radical (unpaired) electrons. The van der Waals surface area contributed by atoms with Crippen LogP contribution in [-0.4, -0.2) is 28.1 Å². The zero-order chi connectivity index (χ0) is 18.6. The van der Waals surface area contributed by atoms with Gasteiger partial charge in [-0.1, -0.05) is 5.16 Å². The van der Waals surface area contributed by atoms with Crippen molar-refractivity contribution >= 4 is 17.4 Å². The largest absolute Gasteiger partial charge is 0.359 e. The number of amides is 2. The second-order valence-electron chi connectivity index (χ2n) is 6.80. The highest BCUT2D eigenvalue weighted by Crippen LogP contribution is 2.30. The molecule has 0 spiro atoms. The highest BCUT2D eigenvalue weighted by atomic mass is 32.1. The number of aryl methyl sites for hydroxylation is 1. The maximum atomic E-state index is 12.4. The van der Waals surface area contributed by atoms with Crippen LogP contribution in [0.3, 0.4) is 0 Å². The van der Waals surface area contributed by atoms with Crippen LogP contribution in [-0.2, 0) is 25.9 Å². The first-order valence-corrected chi connectivity index (χ1v) is 10.0. The van der Waals surface area contributed by atoms with Crippen molar-refractivity contribution in [2.24, 2.45) is 0 Å². The molecule has 3 aromatic heterocycles. The predicted octanol–water partition coefficient (Wildman–Crippen LogP) is 4.02. The normalized spacial score (nSPS) is 13.2. The summed E-state index contributed by atoms with van der Waals surface area (Å²) in [5.41, 5.74) is 4.32. The SMILES string of the molecule is CN(Cc1cc(-c2cccnc2)no1)C(=O)NCc1csc2c1CCCC2. The Morgan fingerprint density at radius 1 is 1.37 bits per heavy atom. The summed E-state index contributed by atoms with van der Waals surface area (Å²) in [7, 11) is 1.75. The van der Waals surface area contributed by atoms with Gasteiger partial charge >= 0.3 is 6.03 Å². The average molecular weight is 382 g/mol. The number of pyridine rings is 1. The van der Waals surface area contributed by atoms with Crippen LogP contribution in [0.5, 0.6) is 0 Å². The summed E-state index contributed by atoms with van der Waals surface area (Å²) in [4.78, 5) is 19.6. The molecule has 2 amide bonds. The van der Waals surface area contributed by atoms with Gasteiger partial charge in [0.15, 0.2) is 5.76 Å². The minimum absolute atomic E-state index is 0.120. The number of carbonyl (C=O) groups excluding carboxylic acids is 1. The fourth-order valence-corrected chi connectivity index (χ4v) is 4.51. The second-order valence-corrected chi connectivity index (χ2v) is 7.77. The van der Waals surface area contributed by atoms with Crippen molar-refractivity contribution in [3.8, 4) is 11.3 Å². The van der Waals surface area contributed by atoms with Crippen LogP contribution in [0.4, 0.5) is 4.79 Å². The number of hydrogen-bond acceptors (Lipinski definition) is 5. The second kappa shape index (κ2) is 7.92. The molecule has 3 aromatic rings. The molecule has 27 heavy (non-hydrogen) atoms. The summed E-state index contributed by atoms with van der Waals surface area (Å²) in [6, 6.07) is 5.50. The lowest BCUT2D eigenvalue weighted by Crippen LogP contribution is -2.36. The molecule has 0 aromatic carbocycles. The molecule has 0 bridgehead atoms. The molecule has 0 atom stereocenters. The molecule has 4 rings (SSSR count). The first-order valence-electron chi connectivity index (χ1n) is 9.14. The highest BCUT2D eigenvalue weighted by molar-refractivity contribution is 7.10. The third-order valence-electron chi connectivity index (χ3n) is 4.83. The monoisotopic (exact) mass is 382 g/mol. The number of hydrogen-bond donors (Lipinski definition) is 1. The Bertz CT molecular complexity index is 919. The van der Waals surface area contributed by atoms with Gasteiger partial charge in [0.25, 0.3) is 0 Å². The number of thiophene rings is 1. The van der Waals surface area contributed by atoms with Gasteiger partial charge in [-0.3, -0.25) is 4.98 Å². The number of nitrogens with one attached hydrogen (secondary N) is 1. The quantitative estimate of drug-likeness (QED) is 0.723. The van der Waals surface area contributed by atoms with Gasteiger partial charge in [-0.25, -0.2) is 4.79 Å². The Morgan fingerprint density at radius 3 is 3.11 bits per heavy atom. The van der Waals surface area contributed by atoms with Crippen LogP contribution in [0.15, 0.2) is 40.5 Å². The van der Waals surface area contributed by atoms with Crippen LogP contribution < -0.4 is 5.32 Å². The van der Waals surface area contributed by atoms with Crippen LogP contribution in [0, 0.1) is 0 Å². The Labute approximate surface area is 162 Å². The topological polar surface area (TPSA) is 71.3 Å². The molecule has 3 heterocycles. The number of nitrogens with zero attached hydrogens (tertiary/aromatic N) is 3. The molecule has 7 heteroatoms. The average Bonchev–Trinajstić information content (AvgIpc) is 3.34. The van der Waals surface area contributed by atoms with E-state index in [1.54, 1.807) is 24.3 Å². The Hall–Kier alpha value is -2.67. The Morgan fingerprint density at radius 2 is 2.26 bits per heavy atom.